The van der Waals surface area contributed by atoms with Gasteiger partial charge >= 0.3 is 0 Å². The number of amides is 2. The molecule has 2 aromatic carbocycles. The Labute approximate surface area is 233 Å². The second kappa shape index (κ2) is 12.4. The minimum Gasteiger partial charge on any atom is -0.493 e. The molecule has 8 nitrogen and oxygen atoms in total. The molecule has 198 valence electrons. The first-order chi connectivity index (χ1) is 18.8. The molecule has 4 rings (SSSR count). The Balaban J connectivity index is 1.49. The average Bonchev–Trinajstić information content (AvgIpc) is 3.28. The van der Waals surface area contributed by atoms with Crippen LogP contribution in [0.1, 0.15) is 34.4 Å². The number of hydrogen-bond acceptors (Lipinski definition) is 7. The summed E-state index contributed by atoms with van der Waals surface area (Å²) in [6.45, 7) is -0.402. The van der Waals surface area contributed by atoms with Gasteiger partial charge in [0.05, 0.1) is 17.7 Å². The molecule has 0 aliphatic heterocycles. The van der Waals surface area contributed by atoms with Gasteiger partial charge in [-0.15, -0.1) is 11.3 Å². The highest BCUT2D eigenvalue weighted by atomic mass is 35.5. The summed E-state index contributed by atoms with van der Waals surface area (Å²) in [5.74, 6) is -1.31. The molecule has 39 heavy (non-hydrogen) atoms. The fourth-order valence-electron chi connectivity index (χ4n) is 4.09. The summed E-state index contributed by atoms with van der Waals surface area (Å²) in [5, 5.41) is 25.1. The molecule has 0 saturated carbocycles. The number of carbonyl (C=O) groups is 2. The number of nitrogens with zero attached hydrogens (tertiary/aromatic N) is 2. The number of carbonyl (C=O) groups excluding carboxylic acids is 2. The molecule has 0 fully saturated rings. The summed E-state index contributed by atoms with van der Waals surface area (Å²) < 4.78 is 24.0. The van der Waals surface area contributed by atoms with Gasteiger partial charge in [-0.2, -0.15) is 10.5 Å². The van der Waals surface area contributed by atoms with Crippen LogP contribution in [0.3, 0.4) is 0 Å². The van der Waals surface area contributed by atoms with Crippen molar-refractivity contribution in [2.45, 2.75) is 25.7 Å². The van der Waals surface area contributed by atoms with Crippen LogP contribution in [0, 0.1) is 28.5 Å². The second-order valence-corrected chi connectivity index (χ2v) is 10.0. The quantitative estimate of drug-likeness (QED) is 0.261. The Bertz CT molecular complexity index is 1540. The van der Waals surface area contributed by atoms with Crippen LogP contribution < -0.4 is 20.1 Å². The monoisotopic (exact) mass is 564 g/mol. The summed E-state index contributed by atoms with van der Waals surface area (Å²) in [6.07, 6.45) is 5.04. The molecule has 3 aromatic rings. The zero-order chi connectivity index (χ0) is 27.9. The van der Waals surface area contributed by atoms with Gasteiger partial charge in [-0.25, -0.2) is 4.39 Å². The van der Waals surface area contributed by atoms with Gasteiger partial charge < -0.3 is 20.1 Å². The number of methoxy groups -OCH3 is 1. The molecule has 2 amide bonds. The van der Waals surface area contributed by atoms with E-state index in [0.717, 1.165) is 36.1 Å². The van der Waals surface area contributed by atoms with Crippen molar-refractivity contribution in [1.82, 2.24) is 0 Å². The van der Waals surface area contributed by atoms with Crippen molar-refractivity contribution in [2.24, 2.45) is 0 Å². The lowest BCUT2D eigenvalue weighted by molar-refractivity contribution is -0.118. The Morgan fingerprint density at radius 3 is 2.59 bits per heavy atom. The van der Waals surface area contributed by atoms with E-state index in [1.54, 1.807) is 0 Å². The predicted molar refractivity (Wildman–Crippen MR) is 146 cm³/mol. The maximum Gasteiger partial charge on any atom is 0.266 e. The fourth-order valence-corrected chi connectivity index (χ4v) is 5.60. The van der Waals surface area contributed by atoms with Crippen molar-refractivity contribution >= 4 is 51.5 Å². The number of nitrogens with one attached hydrogen (secondary N) is 2. The molecule has 0 radical (unpaired) electrons. The van der Waals surface area contributed by atoms with Crippen LogP contribution in [0.2, 0.25) is 5.02 Å². The Morgan fingerprint density at radius 1 is 1.15 bits per heavy atom. The number of hydrogen-bond donors (Lipinski definition) is 2. The molecular formula is C28H22ClFN4O4S. The minimum atomic E-state index is -0.652. The molecule has 1 heterocycles. The Kier molecular flexibility index (Phi) is 8.82. The van der Waals surface area contributed by atoms with Gasteiger partial charge in [0.15, 0.2) is 18.1 Å². The molecule has 1 aliphatic rings. The summed E-state index contributed by atoms with van der Waals surface area (Å²) in [4.78, 5) is 26.3. The lowest BCUT2D eigenvalue weighted by atomic mass is 9.96. The fraction of sp³-hybridized carbons (Fsp3) is 0.214. The standard InChI is InChI=1S/C28H22ClFN4O4S/c1-37-23-12-16(11-22(29)26(23)38-15-25(35)33-19-8-6-18(30)7-9-19)10-17(13-31)27(36)34-28-21(14-32)20-4-2-3-5-24(20)39-28/h6-12H,2-5,15H2,1H3,(H,33,35)(H,34,36)/b17-10+. The van der Waals surface area contributed by atoms with Gasteiger partial charge in [-0.1, -0.05) is 11.6 Å². The average molecular weight is 565 g/mol. The summed E-state index contributed by atoms with van der Waals surface area (Å²) in [7, 11) is 1.38. The first kappa shape index (κ1) is 27.6. The van der Waals surface area contributed by atoms with E-state index in [4.69, 9.17) is 21.1 Å². The number of nitriles is 2. The van der Waals surface area contributed by atoms with Gasteiger partial charge in [0.1, 0.15) is 28.5 Å². The normalized spacial score (nSPS) is 12.5. The SMILES string of the molecule is COc1cc(/C=C(\C#N)C(=O)Nc2sc3c(c2C#N)CCCC3)cc(Cl)c1OCC(=O)Nc1ccc(F)cc1. The number of rotatable bonds is 8. The van der Waals surface area contributed by atoms with E-state index in [1.807, 2.05) is 6.07 Å². The lowest BCUT2D eigenvalue weighted by Gasteiger charge is -2.13. The first-order valence-electron chi connectivity index (χ1n) is 11.9. The number of fused-ring (bicyclic) bond motifs is 1. The third kappa shape index (κ3) is 6.55. The van der Waals surface area contributed by atoms with Gasteiger partial charge in [-0.05, 0) is 79.3 Å². The predicted octanol–water partition coefficient (Wildman–Crippen LogP) is 5.86. The topological polar surface area (TPSA) is 124 Å². The van der Waals surface area contributed by atoms with Gasteiger partial charge in [0.2, 0.25) is 0 Å². The maximum absolute atomic E-state index is 13.1. The van der Waals surface area contributed by atoms with Crippen molar-refractivity contribution in [3.63, 3.8) is 0 Å². The van der Waals surface area contributed by atoms with Crippen LogP contribution in [0.5, 0.6) is 11.5 Å². The van der Waals surface area contributed by atoms with E-state index in [2.05, 4.69) is 16.7 Å². The molecule has 0 atom stereocenters. The Hall–Kier alpha value is -4.38. The van der Waals surface area contributed by atoms with Crippen LogP contribution in [-0.4, -0.2) is 25.5 Å². The smallest absolute Gasteiger partial charge is 0.266 e. The lowest BCUT2D eigenvalue weighted by Crippen LogP contribution is -2.20. The number of thiophene rings is 1. The highest BCUT2D eigenvalue weighted by Crippen LogP contribution is 2.39. The van der Waals surface area contributed by atoms with Crippen molar-refractivity contribution in [3.05, 3.63) is 74.4 Å². The van der Waals surface area contributed by atoms with Gasteiger partial charge in [0, 0.05) is 10.6 Å². The van der Waals surface area contributed by atoms with E-state index in [0.29, 0.717) is 21.8 Å². The van der Waals surface area contributed by atoms with Crippen molar-refractivity contribution in [2.75, 3.05) is 24.4 Å². The first-order valence-corrected chi connectivity index (χ1v) is 13.1. The molecule has 0 spiro atoms. The molecule has 0 saturated heterocycles. The number of ether oxygens (including phenoxy) is 2. The highest BCUT2D eigenvalue weighted by molar-refractivity contribution is 7.16. The summed E-state index contributed by atoms with van der Waals surface area (Å²) in [5.41, 5.74) is 2.02. The van der Waals surface area contributed by atoms with Crippen molar-refractivity contribution in [1.29, 1.82) is 10.5 Å². The van der Waals surface area contributed by atoms with Crippen LogP contribution in [0.15, 0.2) is 42.0 Å². The highest BCUT2D eigenvalue weighted by Gasteiger charge is 2.23. The van der Waals surface area contributed by atoms with Crippen LogP contribution in [-0.2, 0) is 22.4 Å². The van der Waals surface area contributed by atoms with E-state index in [-0.39, 0.29) is 22.1 Å². The van der Waals surface area contributed by atoms with Crippen LogP contribution in [0.4, 0.5) is 15.1 Å². The number of anilines is 2. The third-order valence-corrected chi connectivity index (χ3v) is 7.40. The molecule has 1 aromatic heterocycles. The van der Waals surface area contributed by atoms with E-state index in [9.17, 15) is 24.5 Å². The van der Waals surface area contributed by atoms with Crippen LogP contribution >= 0.6 is 22.9 Å². The van der Waals surface area contributed by atoms with Crippen molar-refractivity contribution in [3.8, 4) is 23.6 Å². The zero-order valence-corrected chi connectivity index (χ0v) is 22.3. The van der Waals surface area contributed by atoms with E-state index >= 15 is 0 Å². The van der Waals surface area contributed by atoms with Gasteiger partial charge in [0.25, 0.3) is 11.8 Å². The Morgan fingerprint density at radius 2 is 1.90 bits per heavy atom. The van der Waals surface area contributed by atoms with Gasteiger partial charge in [-0.3, -0.25) is 9.59 Å². The molecule has 11 heteroatoms. The van der Waals surface area contributed by atoms with E-state index in [1.165, 1.54) is 60.9 Å². The summed E-state index contributed by atoms with van der Waals surface area (Å²) >= 11 is 7.75. The minimum absolute atomic E-state index is 0.0885. The second-order valence-electron chi connectivity index (χ2n) is 8.53. The molecular weight excluding hydrogens is 543 g/mol. The third-order valence-electron chi connectivity index (χ3n) is 5.91. The molecule has 0 bridgehead atoms. The molecule has 1 aliphatic carbocycles. The van der Waals surface area contributed by atoms with E-state index < -0.39 is 24.2 Å². The number of halogens is 2. The number of benzene rings is 2. The molecule has 2 N–H and O–H groups in total. The summed E-state index contributed by atoms with van der Waals surface area (Å²) in [6, 6.07) is 12.3. The number of aryl methyl sites for hydroxylation is 1. The van der Waals surface area contributed by atoms with Crippen molar-refractivity contribution < 1.29 is 23.5 Å². The zero-order valence-electron chi connectivity index (χ0n) is 20.8. The molecule has 0 unspecified atom stereocenters. The maximum atomic E-state index is 13.1. The largest absolute Gasteiger partial charge is 0.493 e. The van der Waals surface area contributed by atoms with Crippen LogP contribution in [0.25, 0.3) is 6.08 Å².